The molecular formula is C12H15N3S. The summed E-state index contributed by atoms with van der Waals surface area (Å²) in [6.07, 6.45) is 0. The van der Waals surface area contributed by atoms with Crippen LogP contribution >= 0.6 is 11.3 Å². The van der Waals surface area contributed by atoms with Crippen molar-refractivity contribution in [2.24, 2.45) is 5.92 Å². The van der Waals surface area contributed by atoms with Crippen LogP contribution in [0.3, 0.4) is 0 Å². The smallest absolute Gasteiger partial charge is 0.124 e. The Balaban J connectivity index is 1.98. The van der Waals surface area contributed by atoms with Gasteiger partial charge in [0.2, 0.25) is 0 Å². The van der Waals surface area contributed by atoms with Gasteiger partial charge in [0.25, 0.3) is 0 Å². The number of nitrogens with one attached hydrogen (secondary N) is 1. The standard InChI is InChI=1S/C12H15N3S/c1-8-6-13-12-5-10(14-15(12)7-8)11-4-3-9(2)16-11/h3-5,8,13H,6-7H2,1-2H3. The van der Waals surface area contributed by atoms with E-state index in [0.29, 0.717) is 5.92 Å². The molecule has 0 fully saturated rings. The van der Waals surface area contributed by atoms with E-state index in [1.54, 1.807) is 11.3 Å². The number of hydrogen-bond acceptors (Lipinski definition) is 3. The molecule has 2 aromatic rings. The van der Waals surface area contributed by atoms with Gasteiger partial charge < -0.3 is 5.32 Å². The molecule has 84 valence electrons. The minimum atomic E-state index is 0.658. The van der Waals surface area contributed by atoms with Crippen molar-refractivity contribution in [3.05, 3.63) is 23.1 Å². The molecule has 0 saturated heterocycles. The topological polar surface area (TPSA) is 29.9 Å². The number of fused-ring (bicyclic) bond motifs is 1. The summed E-state index contributed by atoms with van der Waals surface area (Å²) in [7, 11) is 0. The third kappa shape index (κ3) is 1.63. The number of anilines is 1. The quantitative estimate of drug-likeness (QED) is 0.820. The molecule has 1 atom stereocenters. The first-order chi connectivity index (χ1) is 7.72. The van der Waals surface area contributed by atoms with E-state index in [9.17, 15) is 0 Å². The number of aromatic nitrogens is 2. The second kappa shape index (κ2) is 3.63. The van der Waals surface area contributed by atoms with E-state index in [1.807, 2.05) is 0 Å². The highest BCUT2D eigenvalue weighted by molar-refractivity contribution is 7.15. The molecule has 3 heterocycles. The van der Waals surface area contributed by atoms with Gasteiger partial charge in [-0.3, -0.25) is 0 Å². The first-order valence-electron chi connectivity index (χ1n) is 5.61. The van der Waals surface area contributed by atoms with Crippen molar-refractivity contribution in [1.29, 1.82) is 0 Å². The van der Waals surface area contributed by atoms with Crippen LogP contribution in [0.2, 0.25) is 0 Å². The summed E-state index contributed by atoms with van der Waals surface area (Å²) in [5.41, 5.74) is 1.09. The minimum absolute atomic E-state index is 0.658. The molecule has 0 bridgehead atoms. The molecule has 3 rings (SSSR count). The van der Waals surface area contributed by atoms with Crippen LogP contribution in [0.4, 0.5) is 5.82 Å². The first kappa shape index (κ1) is 9.90. The Kier molecular flexibility index (Phi) is 2.24. The number of rotatable bonds is 1. The van der Waals surface area contributed by atoms with Crippen LogP contribution in [0.15, 0.2) is 18.2 Å². The fourth-order valence-electron chi connectivity index (χ4n) is 2.03. The normalized spacial score (nSPS) is 19.2. The van der Waals surface area contributed by atoms with E-state index in [4.69, 9.17) is 0 Å². The summed E-state index contributed by atoms with van der Waals surface area (Å²) in [6.45, 7) is 6.44. The molecular weight excluding hydrogens is 218 g/mol. The Hall–Kier alpha value is -1.29. The Morgan fingerprint density at radius 3 is 3.12 bits per heavy atom. The van der Waals surface area contributed by atoms with Crippen molar-refractivity contribution < 1.29 is 0 Å². The van der Waals surface area contributed by atoms with Crippen molar-refractivity contribution in [3.8, 4) is 10.6 Å². The molecule has 0 spiro atoms. The molecule has 1 aliphatic heterocycles. The number of nitrogens with zero attached hydrogens (tertiary/aromatic N) is 2. The zero-order valence-corrected chi connectivity index (χ0v) is 10.3. The summed E-state index contributed by atoms with van der Waals surface area (Å²) in [6, 6.07) is 6.45. The van der Waals surface area contributed by atoms with Gasteiger partial charge >= 0.3 is 0 Å². The van der Waals surface area contributed by atoms with Gasteiger partial charge in [-0.15, -0.1) is 11.3 Å². The zero-order chi connectivity index (χ0) is 11.1. The van der Waals surface area contributed by atoms with E-state index in [0.717, 1.165) is 24.6 Å². The average Bonchev–Trinajstić information content (AvgIpc) is 2.83. The molecule has 1 aliphatic rings. The van der Waals surface area contributed by atoms with E-state index >= 15 is 0 Å². The zero-order valence-electron chi connectivity index (χ0n) is 9.53. The number of hydrogen-bond donors (Lipinski definition) is 1. The third-order valence-corrected chi connectivity index (χ3v) is 3.91. The largest absolute Gasteiger partial charge is 0.370 e. The van der Waals surface area contributed by atoms with Crippen molar-refractivity contribution in [1.82, 2.24) is 9.78 Å². The van der Waals surface area contributed by atoms with E-state index in [2.05, 4.69) is 47.1 Å². The first-order valence-corrected chi connectivity index (χ1v) is 6.42. The second-order valence-corrected chi connectivity index (χ2v) is 5.78. The van der Waals surface area contributed by atoms with Gasteiger partial charge in [0, 0.05) is 24.0 Å². The van der Waals surface area contributed by atoms with Crippen LogP contribution in [-0.4, -0.2) is 16.3 Å². The van der Waals surface area contributed by atoms with Crippen LogP contribution in [0, 0.1) is 12.8 Å². The lowest BCUT2D eigenvalue weighted by Crippen LogP contribution is -2.25. The van der Waals surface area contributed by atoms with E-state index in [1.165, 1.54) is 9.75 Å². The predicted octanol–water partition coefficient (Wildman–Crippen LogP) is 2.98. The fourth-order valence-corrected chi connectivity index (χ4v) is 2.85. The lowest BCUT2D eigenvalue weighted by Gasteiger charge is -2.21. The van der Waals surface area contributed by atoms with Crippen LogP contribution in [0.5, 0.6) is 0 Å². The Labute approximate surface area is 99.1 Å². The molecule has 3 nitrogen and oxygen atoms in total. The highest BCUT2D eigenvalue weighted by Crippen LogP contribution is 2.30. The summed E-state index contributed by atoms with van der Waals surface area (Å²) >= 11 is 1.80. The Morgan fingerprint density at radius 1 is 1.50 bits per heavy atom. The van der Waals surface area contributed by atoms with Crippen molar-refractivity contribution in [2.75, 3.05) is 11.9 Å². The molecule has 0 aliphatic carbocycles. The lowest BCUT2D eigenvalue weighted by atomic mass is 10.1. The van der Waals surface area contributed by atoms with Gasteiger partial charge in [-0.2, -0.15) is 5.10 Å². The Morgan fingerprint density at radius 2 is 2.38 bits per heavy atom. The van der Waals surface area contributed by atoms with Crippen molar-refractivity contribution >= 4 is 17.2 Å². The lowest BCUT2D eigenvalue weighted by molar-refractivity contribution is 0.446. The molecule has 16 heavy (non-hydrogen) atoms. The highest BCUT2D eigenvalue weighted by atomic mass is 32.1. The second-order valence-electron chi connectivity index (χ2n) is 4.49. The summed E-state index contributed by atoms with van der Waals surface area (Å²) < 4.78 is 2.08. The number of thiophene rings is 1. The Bertz CT molecular complexity index is 512. The van der Waals surface area contributed by atoms with Gasteiger partial charge in [-0.1, -0.05) is 6.92 Å². The SMILES string of the molecule is Cc1ccc(-c2cc3n(n2)CC(C)CN3)s1. The predicted molar refractivity (Wildman–Crippen MR) is 67.9 cm³/mol. The minimum Gasteiger partial charge on any atom is -0.370 e. The van der Waals surface area contributed by atoms with Gasteiger partial charge in [-0.25, -0.2) is 4.68 Å². The molecule has 1 unspecified atom stereocenters. The fraction of sp³-hybridized carbons (Fsp3) is 0.417. The molecule has 1 N–H and O–H groups in total. The molecule has 0 saturated carbocycles. The van der Waals surface area contributed by atoms with E-state index < -0.39 is 0 Å². The van der Waals surface area contributed by atoms with Crippen LogP contribution in [0.1, 0.15) is 11.8 Å². The monoisotopic (exact) mass is 233 g/mol. The molecule has 2 aromatic heterocycles. The van der Waals surface area contributed by atoms with Crippen molar-refractivity contribution in [3.63, 3.8) is 0 Å². The maximum atomic E-state index is 4.65. The molecule has 0 amide bonds. The maximum absolute atomic E-state index is 4.65. The summed E-state index contributed by atoms with van der Waals surface area (Å²) in [5.74, 6) is 1.81. The van der Waals surface area contributed by atoms with Gasteiger partial charge in [0.15, 0.2) is 0 Å². The van der Waals surface area contributed by atoms with Gasteiger partial charge in [0.05, 0.1) is 4.88 Å². The maximum Gasteiger partial charge on any atom is 0.124 e. The molecule has 0 aromatic carbocycles. The van der Waals surface area contributed by atoms with Gasteiger partial charge in [-0.05, 0) is 25.0 Å². The molecule has 0 radical (unpaired) electrons. The van der Waals surface area contributed by atoms with Crippen LogP contribution in [-0.2, 0) is 6.54 Å². The third-order valence-electron chi connectivity index (χ3n) is 2.89. The summed E-state index contributed by atoms with van der Waals surface area (Å²) in [4.78, 5) is 2.59. The summed E-state index contributed by atoms with van der Waals surface area (Å²) in [5, 5.41) is 8.06. The van der Waals surface area contributed by atoms with Crippen LogP contribution < -0.4 is 5.32 Å². The number of aryl methyl sites for hydroxylation is 1. The van der Waals surface area contributed by atoms with Gasteiger partial charge in [0.1, 0.15) is 11.5 Å². The van der Waals surface area contributed by atoms with Crippen LogP contribution in [0.25, 0.3) is 10.6 Å². The molecule has 4 heteroatoms. The van der Waals surface area contributed by atoms with E-state index in [-0.39, 0.29) is 0 Å². The highest BCUT2D eigenvalue weighted by Gasteiger charge is 2.17. The average molecular weight is 233 g/mol. The van der Waals surface area contributed by atoms with Crippen molar-refractivity contribution in [2.45, 2.75) is 20.4 Å².